The van der Waals surface area contributed by atoms with Crippen LogP contribution < -0.4 is 0 Å². The van der Waals surface area contributed by atoms with Crippen LogP contribution in [0.4, 0.5) is 0 Å². The van der Waals surface area contributed by atoms with E-state index in [4.69, 9.17) is 9.84 Å². The van der Waals surface area contributed by atoms with E-state index in [0.29, 0.717) is 5.92 Å². The Morgan fingerprint density at radius 3 is 2.29 bits per heavy atom. The molecule has 14 heavy (non-hydrogen) atoms. The molecule has 0 aromatic heterocycles. The van der Waals surface area contributed by atoms with Gasteiger partial charge < -0.3 is 9.84 Å². The first-order valence-electron chi connectivity index (χ1n) is 5.39. The Balaban J connectivity index is 2.72. The summed E-state index contributed by atoms with van der Waals surface area (Å²) in [5, 5.41) is 9.10. The third-order valence-corrected chi connectivity index (χ3v) is 2.67. The van der Waals surface area contributed by atoms with Crippen molar-refractivity contribution in [3.63, 3.8) is 0 Å². The molecular formula is C11H23NO2. The first-order chi connectivity index (χ1) is 6.36. The van der Waals surface area contributed by atoms with Crippen LogP contribution in [-0.2, 0) is 4.74 Å². The highest BCUT2D eigenvalue weighted by atomic mass is 16.5. The van der Waals surface area contributed by atoms with E-state index in [1.165, 1.54) is 0 Å². The van der Waals surface area contributed by atoms with Gasteiger partial charge in [0.05, 0.1) is 12.7 Å². The summed E-state index contributed by atoms with van der Waals surface area (Å²) in [5.41, 5.74) is 0.110. The van der Waals surface area contributed by atoms with Crippen molar-refractivity contribution in [3.8, 4) is 0 Å². The Hall–Kier alpha value is -0.120. The molecule has 2 atom stereocenters. The van der Waals surface area contributed by atoms with Crippen LogP contribution in [0.3, 0.4) is 0 Å². The van der Waals surface area contributed by atoms with Crippen molar-refractivity contribution in [2.75, 3.05) is 13.2 Å². The molecule has 0 aromatic carbocycles. The van der Waals surface area contributed by atoms with E-state index in [0.717, 1.165) is 6.54 Å². The lowest BCUT2D eigenvalue weighted by Crippen LogP contribution is -2.47. The Morgan fingerprint density at radius 2 is 2.00 bits per heavy atom. The maximum absolute atomic E-state index is 9.10. The van der Waals surface area contributed by atoms with Crippen LogP contribution in [0, 0.1) is 5.92 Å². The number of aliphatic hydroxyl groups excluding tert-OH is 1. The summed E-state index contributed by atoms with van der Waals surface area (Å²) in [6.45, 7) is 11.8. The zero-order chi connectivity index (χ0) is 10.9. The highest BCUT2D eigenvalue weighted by Crippen LogP contribution is 2.29. The summed E-state index contributed by atoms with van der Waals surface area (Å²) >= 11 is 0. The molecule has 84 valence electrons. The van der Waals surface area contributed by atoms with Crippen molar-refractivity contribution >= 4 is 0 Å². The molecule has 1 saturated heterocycles. The standard InChI is InChI=1S/C11H23NO2/c1-8(2)10-12(11(3,4)5)6-9(7-13)14-10/h8-10,13H,6-7H2,1-5H3. The Labute approximate surface area is 87.1 Å². The van der Waals surface area contributed by atoms with Gasteiger partial charge in [0.1, 0.15) is 6.23 Å². The molecule has 1 rings (SSSR count). The zero-order valence-electron chi connectivity index (χ0n) is 9.95. The minimum Gasteiger partial charge on any atom is -0.394 e. The normalized spacial score (nSPS) is 30.2. The van der Waals surface area contributed by atoms with Gasteiger partial charge in [0.25, 0.3) is 0 Å². The molecule has 1 N–H and O–H groups in total. The van der Waals surface area contributed by atoms with Gasteiger partial charge in [-0.2, -0.15) is 0 Å². The van der Waals surface area contributed by atoms with Gasteiger partial charge in [0, 0.05) is 12.1 Å². The second-order valence-corrected chi connectivity index (χ2v) is 5.40. The highest BCUT2D eigenvalue weighted by molar-refractivity contribution is 4.87. The van der Waals surface area contributed by atoms with E-state index in [9.17, 15) is 0 Å². The molecule has 0 aromatic rings. The largest absolute Gasteiger partial charge is 0.394 e. The maximum atomic E-state index is 9.10. The van der Waals surface area contributed by atoms with Crippen LogP contribution in [-0.4, -0.2) is 41.0 Å². The van der Waals surface area contributed by atoms with Crippen molar-refractivity contribution in [1.29, 1.82) is 0 Å². The molecular weight excluding hydrogens is 178 g/mol. The summed E-state index contributed by atoms with van der Waals surface area (Å²) in [7, 11) is 0. The molecule has 1 heterocycles. The lowest BCUT2D eigenvalue weighted by molar-refractivity contribution is -0.0656. The third kappa shape index (κ3) is 2.47. The fourth-order valence-electron chi connectivity index (χ4n) is 1.91. The lowest BCUT2D eigenvalue weighted by Gasteiger charge is -2.37. The minimum absolute atomic E-state index is 0.0124. The Bertz CT molecular complexity index is 186. The molecule has 0 aliphatic carbocycles. The topological polar surface area (TPSA) is 32.7 Å². The summed E-state index contributed by atoms with van der Waals surface area (Å²) in [6, 6.07) is 0. The fourth-order valence-corrected chi connectivity index (χ4v) is 1.91. The molecule has 0 bridgehead atoms. The first-order valence-corrected chi connectivity index (χ1v) is 5.39. The molecule has 3 nitrogen and oxygen atoms in total. The van der Waals surface area contributed by atoms with Crippen LogP contribution in [0.1, 0.15) is 34.6 Å². The van der Waals surface area contributed by atoms with Crippen molar-refractivity contribution < 1.29 is 9.84 Å². The van der Waals surface area contributed by atoms with E-state index < -0.39 is 0 Å². The molecule has 0 amide bonds. The predicted molar refractivity (Wildman–Crippen MR) is 57.0 cm³/mol. The average molecular weight is 201 g/mol. The van der Waals surface area contributed by atoms with Crippen molar-refractivity contribution in [3.05, 3.63) is 0 Å². The SMILES string of the molecule is CC(C)C1OC(CO)CN1C(C)(C)C. The van der Waals surface area contributed by atoms with Gasteiger partial charge in [-0.05, 0) is 26.7 Å². The Kier molecular flexibility index (Phi) is 3.56. The second-order valence-electron chi connectivity index (χ2n) is 5.40. The summed E-state index contributed by atoms with van der Waals surface area (Å²) < 4.78 is 5.79. The van der Waals surface area contributed by atoms with Crippen molar-refractivity contribution in [2.45, 2.75) is 52.5 Å². The van der Waals surface area contributed by atoms with Crippen molar-refractivity contribution in [1.82, 2.24) is 4.90 Å². The summed E-state index contributed by atoms with van der Waals surface area (Å²) in [4.78, 5) is 2.33. The number of hydrogen-bond donors (Lipinski definition) is 1. The molecule has 1 fully saturated rings. The number of ether oxygens (including phenoxy) is 1. The van der Waals surface area contributed by atoms with E-state index in [1.54, 1.807) is 0 Å². The van der Waals surface area contributed by atoms with Gasteiger partial charge in [0.2, 0.25) is 0 Å². The average Bonchev–Trinajstić information content (AvgIpc) is 2.46. The van der Waals surface area contributed by atoms with E-state index in [-0.39, 0.29) is 24.5 Å². The van der Waals surface area contributed by atoms with Gasteiger partial charge in [0.15, 0.2) is 0 Å². The lowest BCUT2D eigenvalue weighted by atomic mass is 10.0. The van der Waals surface area contributed by atoms with Crippen LogP contribution >= 0.6 is 0 Å². The van der Waals surface area contributed by atoms with Gasteiger partial charge in [-0.1, -0.05) is 13.8 Å². The van der Waals surface area contributed by atoms with Crippen LogP contribution in [0.5, 0.6) is 0 Å². The molecule has 2 unspecified atom stereocenters. The van der Waals surface area contributed by atoms with Gasteiger partial charge >= 0.3 is 0 Å². The number of hydrogen-bond acceptors (Lipinski definition) is 3. The quantitative estimate of drug-likeness (QED) is 0.734. The molecule has 1 aliphatic rings. The molecule has 0 saturated carbocycles. The van der Waals surface area contributed by atoms with Crippen LogP contribution in [0.25, 0.3) is 0 Å². The predicted octanol–water partition coefficient (Wildman–Crippen LogP) is 1.46. The van der Waals surface area contributed by atoms with Crippen LogP contribution in [0.15, 0.2) is 0 Å². The molecule has 3 heteroatoms. The molecule has 0 spiro atoms. The fraction of sp³-hybridized carbons (Fsp3) is 1.00. The van der Waals surface area contributed by atoms with Gasteiger partial charge in [-0.15, -0.1) is 0 Å². The summed E-state index contributed by atoms with van der Waals surface area (Å²) in [6.07, 6.45) is 0.133. The van der Waals surface area contributed by atoms with E-state index in [1.807, 2.05) is 0 Å². The highest BCUT2D eigenvalue weighted by Gasteiger charge is 2.39. The zero-order valence-corrected chi connectivity index (χ0v) is 9.95. The van der Waals surface area contributed by atoms with E-state index >= 15 is 0 Å². The van der Waals surface area contributed by atoms with Crippen molar-refractivity contribution in [2.24, 2.45) is 5.92 Å². The second kappa shape index (κ2) is 4.17. The number of nitrogens with zero attached hydrogens (tertiary/aromatic N) is 1. The molecule has 0 radical (unpaired) electrons. The van der Waals surface area contributed by atoms with Gasteiger partial charge in [-0.3, -0.25) is 4.90 Å². The van der Waals surface area contributed by atoms with Crippen LogP contribution in [0.2, 0.25) is 0 Å². The van der Waals surface area contributed by atoms with E-state index in [2.05, 4.69) is 39.5 Å². The minimum atomic E-state index is -0.0124. The maximum Gasteiger partial charge on any atom is 0.113 e. The smallest absolute Gasteiger partial charge is 0.113 e. The number of rotatable bonds is 2. The third-order valence-electron chi connectivity index (χ3n) is 2.67. The Morgan fingerprint density at radius 1 is 1.43 bits per heavy atom. The number of aliphatic hydroxyl groups is 1. The first kappa shape index (κ1) is 12.0. The monoisotopic (exact) mass is 201 g/mol. The molecule has 1 aliphatic heterocycles. The summed E-state index contributed by atoms with van der Waals surface area (Å²) in [5.74, 6) is 0.464. The van der Waals surface area contributed by atoms with Gasteiger partial charge in [-0.25, -0.2) is 0 Å².